The number of amides is 1. The van der Waals surface area contributed by atoms with E-state index in [1.807, 2.05) is 0 Å². The van der Waals surface area contributed by atoms with Gasteiger partial charge in [-0.3, -0.25) is 4.79 Å². The molecule has 1 rings (SSSR count). The van der Waals surface area contributed by atoms with Crippen LogP contribution in [0.4, 0.5) is 18.9 Å². The smallest absolute Gasteiger partial charge is 0.326 e. The monoisotopic (exact) mass is 279 g/mol. The van der Waals surface area contributed by atoms with E-state index >= 15 is 0 Å². The maximum atomic E-state index is 12.4. The van der Waals surface area contributed by atoms with Gasteiger partial charge in [-0.05, 0) is 31.0 Å². The molecule has 0 bridgehead atoms. The molecule has 0 aliphatic rings. The molecule has 0 unspecified atom stereocenters. The summed E-state index contributed by atoms with van der Waals surface area (Å²) >= 11 is 5.46. The van der Waals surface area contributed by atoms with Crippen molar-refractivity contribution in [3.05, 3.63) is 29.8 Å². The van der Waals surface area contributed by atoms with Gasteiger partial charge in [0, 0.05) is 18.0 Å². The third-order valence-electron chi connectivity index (χ3n) is 2.26. The first-order valence-corrected chi connectivity index (χ1v) is 6.00. The quantitative estimate of drug-likeness (QED) is 0.639. The van der Waals surface area contributed by atoms with Crippen molar-refractivity contribution in [3.8, 4) is 0 Å². The molecule has 0 aliphatic carbocycles. The van der Waals surface area contributed by atoms with Crippen LogP contribution in [-0.2, 0) is 11.0 Å². The Balaban J connectivity index is 2.60. The Hall–Kier alpha value is -1.23. The van der Waals surface area contributed by atoms with Crippen LogP contribution in [0, 0.1) is 0 Å². The average Bonchev–Trinajstić information content (AvgIpc) is 2.28. The van der Waals surface area contributed by atoms with E-state index in [-0.39, 0.29) is 18.0 Å². The van der Waals surface area contributed by atoms with Crippen molar-refractivity contribution in [1.82, 2.24) is 0 Å². The molecule has 100 valence electrons. The fraction of sp³-hybridized carbons (Fsp3) is 0.417. The van der Waals surface area contributed by atoms with E-state index in [0.717, 1.165) is 12.1 Å². The fourth-order valence-corrected chi connectivity index (χ4v) is 1.57. The molecule has 1 aromatic carbocycles. The summed E-state index contributed by atoms with van der Waals surface area (Å²) in [4.78, 5) is 11.4. The van der Waals surface area contributed by atoms with Crippen LogP contribution in [0.25, 0.3) is 0 Å². The number of hydrogen-bond acceptors (Lipinski definition) is 1. The van der Waals surface area contributed by atoms with Gasteiger partial charge in [-0.1, -0.05) is 6.07 Å². The number of alkyl halides is 4. The molecule has 0 radical (unpaired) electrons. The minimum atomic E-state index is -4.40. The number of hydrogen-bond donors (Lipinski definition) is 1. The van der Waals surface area contributed by atoms with Crippen LogP contribution in [0.3, 0.4) is 0 Å². The first-order valence-electron chi connectivity index (χ1n) is 5.46. The molecule has 0 heterocycles. The van der Waals surface area contributed by atoms with Gasteiger partial charge in [0.15, 0.2) is 0 Å². The van der Waals surface area contributed by atoms with Gasteiger partial charge in [0.25, 0.3) is 0 Å². The van der Waals surface area contributed by atoms with Crippen molar-refractivity contribution in [3.63, 3.8) is 0 Å². The van der Waals surface area contributed by atoms with Gasteiger partial charge in [-0.15, -0.1) is 11.6 Å². The Morgan fingerprint density at radius 2 is 2.00 bits per heavy atom. The predicted octanol–water partition coefficient (Wildman–Crippen LogP) is 4.05. The Kier molecular flexibility index (Phi) is 5.47. The second-order valence-electron chi connectivity index (χ2n) is 3.77. The molecule has 0 aromatic heterocycles. The van der Waals surface area contributed by atoms with Crippen LogP contribution in [0.15, 0.2) is 24.3 Å². The highest BCUT2D eigenvalue weighted by molar-refractivity contribution is 6.17. The third-order valence-corrected chi connectivity index (χ3v) is 2.53. The van der Waals surface area contributed by atoms with Crippen LogP contribution < -0.4 is 5.32 Å². The van der Waals surface area contributed by atoms with Crippen molar-refractivity contribution in [1.29, 1.82) is 0 Å². The summed E-state index contributed by atoms with van der Waals surface area (Å²) in [6.07, 6.45) is -2.83. The van der Waals surface area contributed by atoms with Crippen molar-refractivity contribution >= 4 is 23.2 Å². The van der Waals surface area contributed by atoms with Crippen molar-refractivity contribution in [2.75, 3.05) is 11.2 Å². The largest absolute Gasteiger partial charge is 0.416 e. The van der Waals surface area contributed by atoms with Crippen LogP contribution in [0.1, 0.15) is 24.8 Å². The number of anilines is 1. The number of unbranched alkanes of at least 4 members (excludes halogenated alkanes) is 1. The summed E-state index contributed by atoms with van der Waals surface area (Å²) in [6.45, 7) is 0. The minimum absolute atomic E-state index is 0.153. The summed E-state index contributed by atoms with van der Waals surface area (Å²) in [5.41, 5.74) is -0.623. The van der Waals surface area contributed by atoms with Gasteiger partial charge in [0.1, 0.15) is 0 Å². The molecule has 2 nitrogen and oxygen atoms in total. The highest BCUT2D eigenvalue weighted by atomic mass is 35.5. The number of benzene rings is 1. The molecule has 6 heteroatoms. The van der Waals surface area contributed by atoms with Gasteiger partial charge in [0.05, 0.1) is 5.56 Å². The number of carbonyl (C=O) groups is 1. The zero-order valence-electron chi connectivity index (χ0n) is 9.56. The molecule has 0 saturated heterocycles. The molecule has 18 heavy (non-hydrogen) atoms. The maximum absolute atomic E-state index is 12.4. The normalized spacial score (nSPS) is 11.3. The van der Waals surface area contributed by atoms with Crippen LogP contribution >= 0.6 is 11.6 Å². The number of nitrogens with one attached hydrogen (secondary N) is 1. The molecule has 0 saturated carbocycles. The second kappa shape index (κ2) is 6.64. The molecule has 0 spiro atoms. The van der Waals surface area contributed by atoms with Gasteiger partial charge < -0.3 is 5.32 Å². The number of halogens is 4. The number of carbonyl (C=O) groups excluding carboxylic acids is 1. The van der Waals surface area contributed by atoms with Gasteiger partial charge in [-0.2, -0.15) is 13.2 Å². The Morgan fingerprint density at radius 1 is 1.28 bits per heavy atom. The van der Waals surface area contributed by atoms with Crippen molar-refractivity contribution in [2.45, 2.75) is 25.4 Å². The van der Waals surface area contributed by atoms with Crippen LogP contribution in [0.2, 0.25) is 0 Å². The summed E-state index contributed by atoms with van der Waals surface area (Å²) in [7, 11) is 0. The molecule has 0 fully saturated rings. The first-order chi connectivity index (χ1) is 8.43. The van der Waals surface area contributed by atoms with E-state index in [1.54, 1.807) is 0 Å². The lowest BCUT2D eigenvalue weighted by Crippen LogP contribution is -2.12. The average molecular weight is 280 g/mol. The SMILES string of the molecule is O=C(CCCCCl)Nc1cccc(C(F)(F)F)c1. The summed E-state index contributed by atoms with van der Waals surface area (Å²) in [5, 5.41) is 2.43. The Bertz CT molecular complexity index is 407. The standard InChI is InChI=1S/C12H13ClF3NO/c13-7-2-1-6-11(18)17-10-5-3-4-9(8-10)12(14,15)16/h3-5,8H,1-2,6-7H2,(H,17,18). The Morgan fingerprint density at radius 3 is 2.61 bits per heavy atom. The zero-order valence-corrected chi connectivity index (χ0v) is 10.3. The van der Waals surface area contributed by atoms with Gasteiger partial charge >= 0.3 is 6.18 Å². The lowest BCUT2D eigenvalue weighted by atomic mass is 10.2. The van der Waals surface area contributed by atoms with Crippen molar-refractivity contribution in [2.24, 2.45) is 0 Å². The third kappa shape index (κ3) is 4.96. The van der Waals surface area contributed by atoms with E-state index < -0.39 is 11.7 Å². The van der Waals surface area contributed by atoms with Gasteiger partial charge in [-0.25, -0.2) is 0 Å². The molecular weight excluding hydrogens is 267 g/mol. The number of rotatable bonds is 5. The summed E-state index contributed by atoms with van der Waals surface area (Å²) in [5.74, 6) is 0.163. The van der Waals surface area contributed by atoms with E-state index in [0.29, 0.717) is 18.7 Å². The van der Waals surface area contributed by atoms with E-state index in [4.69, 9.17) is 11.6 Å². The molecular formula is C12H13ClF3NO. The minimum Gasteiger partial charge on any atom is -0.326 e. The second-order valence-corrected chi connectivity index (χ2v) is 4.15. The molecule has 0 atom stereocenters. The van der Waals surface area contributed by atoms with Crippen LogP contribution in [0.5, 0.6) is 0 Å². The lowest BCUT2D eigenvalue weighted by Gasteiger charge is -2.09. The molecule has 0 aliphatic heterocycles. The first kappa shape index (κ1) is 14.8. The van der Waals surface area contributed by atoms with E-state index in [2.05, 4.69) is 5.32 Å². The zero-order chi connectivity index (χ0) is 13.6. The predicted molar refractivity (Wildman–Crippen MR) is 64.6 cm³/mol. The molecule has 1 amide bonds. The fourth-order valence-electron chi connectivity index (χ4n) is 1.38. The molecule has 1 N–H and O–H groups in total. The highest BCUT2D eigenvalue weighted by Gasteiger charge is 2.30. The van der Waals surface area contributed by atoms with E-state index in [9.17, 15) is 18.0 Å². The topological polar surface area (TPSA) is 29.1 Å². The summed E-state index contributed by atoms with van der Waals surface area (Å²) in [6, 6.07) is 4.56. The molecule has 1 aromatic rings. The lowest BCUT2D eigenvalue weighted by molar-refractivity contribution is -0.137. The van der Waals surface area contributed by atoms with Crippen molar-refractivity contribution < 1.29 is 18.0 Å². The summed E-state index contributed by atoms with van der Waals surface area (Å²) < 4.78 is 37.3. The Labute approximate surface area is 108 Å². The highest BCUT2D eigenvalue weighted by Crippen LogP contribution is 2.30. The van der Waals surface area contributed by atoms with Crippen LogP contribution in [-0.4, -0.2) is 11.8 Å². The van der Waals surface area contributed by atoms with E-state index in [1.165, 1.54) is 12.1 Å². The van der Waals surface area contributed by atoms with Gasteiger partial charge in [0.2, 0.25) is 5.91 Å². The maximum Gasteiger partial charge on any atom is 0.416 e.